The summed E-state index contributed by atoms with van der Waals surface area (Å²) < 4.78 is 27.5. The number of hydrogen-bond donors (Lipinski definition) is 1. The monoisotopic (exact) mass is 376 g/mol. The maximum atomic E-state index is 13.1. The van der Waals surface area contributed by atoms with E-state index in [1.54, 1.807) is 18.2 Å². The van der Waals surface area contributed by atoms with Crippen LogP contribution in [0.15, 0.2) is 60.0 Å². The molecule has 0 saturated carbocycles. The standard InChI is InChI=1S/C18H17ClN2O3S/c1-2-10-20-18(22)14-7-8-15(19)17(12-14)25(23,24)21-11-9-13-5-3-4-6-16(13)21/h2-8,12H,1,9-11H2,(H,20,22). The van der Waals surface area contributed by atoms with Crippen molar-refractivity contribution < 1.29 is 13.2 Å². The number of anilines is 1. The van der Waals surface area contributed by atoms with Crippen molar-refractivity contribution in [3.8, 4) is 0 Å². The molecule has 1 amide bonds. The van der Waals surface area contributed by atoms with E-state index in [0.717, 1.165) is 5.56 Å². The van der Waals surface area contributed by atoms with Crippen molar-refractivity contribution in [3.05, 3.63) is 71.3 Å². The molecule has 7 heteroatoms. The van der Waals surface area contributed by atoms with Gasteiger partial charge in [0.25, 0.3) is 15.9 Å². The average molecular weight is 377 g/mol. The smallest absolute Gasteiger partial charge is 0.265 e. The second-order valence-electron chi connectivity index (χ2n) is 5.60. The van der Waals surface area contributed by atoms with Crippen LogP contribution in [0.3, 0.4) is 0 Å². The minimum absolute atomic E-state index is 0.0721. The molecule has 1 aliphatic heterocycles. The van der Waals surface area contributed by atoms with E-state index in [0.29, 0.717) is 25.2 Å². The van der Waals surface area contributed by atoms with E-state index in [1.165, 1.54) is 22.5 Å². The zero-order valence-corrected chi connectivity index (χ0v) is 15.0. The second kappa shape index (κ2) is 6.90. The number of carbonyl (C=O) groups excluding carboxylic acids is 1. The van der Waals surface area contributed by atoms with Gasteiger partial charge in [-0.1, -0.05) is 35.9 Å². The number of sulfonamides is 1. The third-order valence-electron chi connectivity index (χ3n) is 4.01. The van der Waals surface area contributed by atoms with Gasteiger partial charge in [0.1, 0.15) is 4.90 Å². The van der Waals surface area contributed by atoms with Gasteiger partial charge in [-0.2, -0.15) is 0 Å². The fourth-order valence-corrected chi connectivity index (χ4v) is 4.79. The topological polar surface area (TPSA) is 66.5 Å². The van der Waals surface area contributed by atoms with Crippen LogP contribution in [-0.2, 0) is 16.4 Å². The largest absolute Gasteiger partial charge is 0.349 e. The van der Waals surface area contributed by atoms with E-state index >= 15 is 0 Å². The first-order valence-corrected chi connectivity index (χ1v) is 9.56. The molecule has 1 aliphatic rings. The summed E-state index contributed by atoms with van der Waals surface area (Å²) in [6.45, 7) is 4.18. The summed E-state index contributed by atoms with van der Waals surface area (Å²) in [6, 6.07) is 11.6. The minimum Gasteiger partial charge on any atom is -0.349 e. The first-order chi connectivity index (χ1) is 11.9. The summed E-state index contributed by atoms with van der Waals surface area (Å²) in [5.74, 6) is -0.380. The Bertz CT molecular complexity index is 941. The molecule has 0 spiro atoms. The molecule has 0 aliphatic carbocycles. The molecular formula is C18H17ClN2O3S. The van der Waals surface area contributed by atoms with Crippen molar-refractivity contribution in [3.63, 3.8) is 0 Å². The van der Waals surface area contributed by atoms with Gasteiger partial charge in [-0.15, -0.1) is 6.58 Å². The van der Waals surface area contributed by atoms with E-state index in [1.807, 2.05) is 12.1 Å². The van der Waals surface area contributed by atoms with Gasteiger partial charge in [-0.25, -0.2) is 8.42 Å². The molecule has 1 heterocycles. The van der Waals surface area contributed by atoms with Crippen molar-refractivity contribution in [1.29, 1.82) is 0 Å². The van der Waals surface area contributed by atoms with Gasteiger partial charge in [0.2, 0.25) is 0 Å². The second-order valence-corrected chi connectivity index (χ2v) is 7.84. The highest BCUT2D eigenvalue weighted by molar-refractivity contribution is 7.93. The molecule has 1 N–H and O–H groups in total. The quantitative estimate of drug-likeness (QED) is 0.816. The molecule has 0 fully saturated rings. The van der Waals surface area contributed by atoms with Crippen molar-refractivity contribution in [2.24, 2.45) is 0 Å². The van der Waals surface area contributed by atoms with Crippen LogP contribution in [0.5, 0.6) is 0 Å². The van der Waals surface area contributed by atoms with Gasteiger partial charge in [0.05, 0.1) is 10.7 Å². The van der Waals surface area contributed by atoms with Crippen molar-refractivity contribution >= 4 is 33.2 Å². The molecule has 0 atom stereocenters. The van der Waals surface area contributed by atoms with Gasteiger partial charge >= 0.3 is 0 Å². The minimum atomic E-state index is -3.86. The van der Waals surface area contributed by atoms with Crippen LogP contribution in [-0.4, -0.2) is 27.4 Å². The van der Waals surface area contributed by atoms with E-state index < -0.39 is 10.0 Å². The van der Waals surface area contributed by atoms with Gasteiger partial charge in [-0.3, -0.25) is 9.10 Å². The van der Waals surface area contributed by atoms with Crippen molar-refractivity contribution in [2.45, 2.75) is 11.3 Å². The summed E-state index contributed by atoms with van der Waals surface area (Å²) in [4.78, 5) is 12.0. The summed E-state index contributed by atoms with van der Waals surface area (Å²) >= 11 is 6.14. The number of amides is 1. The molecule has 0 saturated heterocycles. The Hall–Kier alpha value is -2.31. The Morgan fingerprint density at radius 2 is 2.04 bits per heavy atom. The number of benzene rings is 2. The van der Waals surface area contributed by atoms with Gasteiger partial charge in [-0.05, 0) is 36.2 Å². The van der Waals surface area contributed by atoms with Crippen LogP contribution < -0.4 is 9.62 Å². The highest BCUT2D eigenvalue weighted by atomic mass is 35.5. The summed E-state index contributed by atoms with van der Waals surface area (Å²) in [5.41, 5.74) is 1.86. The lowest BCUT2D eigenvalue weighted by atomic mass is 10.2. The van der Waals surface area contributed by atoms with Crippen LogP contribution in [0.4, 0.5) is 5.69 Å². The van der Waals surface area contributed by atoms with Crippen molar-refractivity contribution in [2.75, 3.05) is 17.4 Å². The third kappa shape index (κ3) is 3.27. The fraction of sp³-hybridized carbons (Fsp3) is 0.167. The number of halogens is 1. The molecule has 2 aromatic rings. The lowest BCUT2D eigenvalue weighted by Crippen LogP contribution is -2.30. The predicted octanol–water partition coefficient (Wildman–Crippen LogP) is 3.01. The fourth-order valence-electron chi connectivity index (χ4n) is 2.79. The third-order valence-corrected chi connectivity index (χ3v) is 6.31. The first kappa shape index (κ1) is 17.5. The molecular weight excluding hydrogens is 360 g/mol. The maximum Gasteiger partial charge on any atom is 0.265 e. The molecule has 130 valence electrons. The zero-order valence-electron chi connectivity index (χ0n) is 13.4. The lowest BCUT2D eigenvalue weighted by molar-refractivity contribution is 0.0958. The molecule has 5 nitrogen and oxygen atoms in total. The number of nitrogens with zero attached hydrogens (tertiary/aromatic N) is 1. The molecule has 0 bridgehead atoms. The normalized spacial score (nSPS) is 13.4. The highest BCUT2D eigenvalue weighted by Crippen LogP contribution is 2.35. The first-order valence-electron chi connectivity index (χ1n) is 7.74. The van der Waals surface area contributed by atoms with Crippen LogP contribution in [0, 0.1) is 0 Å². The summed E-state index contributed by atoms with van der Waals surface area (Å²) in [5, 5.41) is 2.71. The number of rotatable bonds is 5. The van der Waals surface area contributed by atoms with Gasteiger partial charge < -0.3 is 5.32 Å². The average Bonchev–Trinajstić information content (AvgIpc) is 3.04. The zero-order chi connectivity index (χ0) is 18.0. The number of nitrogens with one attached hydrogen (secondary N) is 1. The highest BCUT2D eigenvalue weighted by Gasteiger charge is 2.32. The Morgan fingerprint density at radius 1 is 1.28 bits per heavy atom. The predicted molar refractivity (Wildman–Crippen MR) is 98.7 cm³/mol. The Morgan fingerprint density at radius 3 is 2.80 bits per heavy atom. The molecule has 0 unspecified atom stereocenters. The number of para-hydroxylation sites is 1. The molecule has 0 radical (unpaired) electrons. The summed E-state index contributed by atoms with van der Waals surface area (Å²) in [6.07, 6.45) is 2.19. The Kier molecular flexibility index (Phi) is 4.83. The number of carbonyl (C=O) groups is 1. The number of fused-ring (bicyclic) bond motifs is 1. The maximum absolute atomic E-state index is 13.1. The molecule has 3 rings (SSSR count). The van der Waals surface area contributed by atoms with E-state index in [2.05, 4.69) is 11.9 Å². The lowest BCUT2D eigenvalue weighted by Gasteiger charge is -2.20. The van der Waals surface area contributed by atoms with Gasteiger partial charge in [0.15, 0.2) is 0 Å². The van der Waals surface area contributed by atoms with Crippen molar-refractivity contribution in [1.82, 2.24) is 5.32 Å². The Balaban J connectivity index is 2.01. The Labute approximate surface area is 152 Å². The SMILES string of the molecule is C=CCNC(=O)c1ccc(Cl)c(S(=O)(=O)N2CCc3ccccc32)c1. The van der Waals surface area contributed by atoms with Crippen LogP contribution in [0.25, 0.3) is 0 Å². The molecule has 0 aromatic heterocycles. The number of hydrogen-bond acceptors (Lipinski definition) is 3. The van der Waals surface area contributed by atoms with Crippen LogP contribution >= 0.6 is 11.6 Å². The van der Waals surface area contributed by atoms with Crippen LogP contribution in [0.2, 0.25) is 5.02 Å². The van der Waals surface area contributed by atoms with E-state index in [-0.39, 0.29) is 21.4 Å². The van der Waals surface area contributed by atoms with Crippen LogP contribution in [0.1, 0.15) is 15.9 Å². The van der Waals surface area contributed by atoms with Gasteiger partial charge in [0, 0.05) is 18.7 Å². The molecule has 2 aromatic carbocycles. The van der Waals surface area contributed by atoms with E-state index in [4.69, 9.17) is 11.6 Å². The molecule has 25 heavy (non-hydrogen) atoms. The van der Waals surface area contributed by atoms with E-state index in [9.17, 15) is 13.2 Å². The summed E-state index contributed by atoms with van der Waals surface area (Å²) in [7, 11) is -3.86.